The average Bonchev–Trinajstić information content (AvgIpc) is 3.15. The minimum Gasteiger partial charge on any atom is -0.373 e. The highest BCUT2D eigenvalue weighted by molar-refractivity contribution is 5.45. The zero-order valence-corrected chi connectivity index (χ0v) is 13.7. The number of nitrogens with zero attached hydrogens (tertiary/aromatic N) is 4. The van der Waals surface area contributed by atoms with E-state index in [0.29, 0.717) is 18.1 Å². The first-order valence-electron chi connectivity index (χ1n) is 7.68. The lowest BCUT2D eigenvalue weighted by molar-refractivity contribution is 0.357. The molecular formula is C17H21N5O. The predicted octanol–water partition coefficient (Wildman–Crippen LogP) is 3.16. The van der Waals surface area contributed by atoms with Gasteiger partial charge in [0, 0.05) is 24.8 Å². The fraction of sp³-hybridized carbons (Fsp3) is 0.353. The Morgan fingerprint density at radius 3 is 2.70 bits per heavy atom. The molecule has 3 aromatic rings. The summed E-state index contributed by atoms with van der Waals surface area (Å²) in [6.45, 7) is 6.81. The zero-order valence-electron chi connectivity index (χ0n) is 13.7. The maximum Gasteiger partial charge on any atom is 0.228 e. The van der Waals surface area contributed by atoms with Crippen LogP contribution >= 0.6 is 0 Å². The van der Waals surface area contributed by atoms with Gasteiger partial charge >= 0.3 is 0 Å². The van der Waals surface area contributed by atoms with Crippen molar-refractivity contribution < 1.29 is 4.52 Å². The molecule has 0 unspecified atom stereocenters. The summed E-state index contributed by atoms with van der Waals surface area (Å²) in [4.78, 5) is 4.52. The van der Waals surface area contributed by atoms with E-state index in [1.807, 2.05) is 68.2 Å². The summed E-state index contributed by atoms with van der Waals surface area (Å²) in [5, 5.41) is 11.8. The van der Waals surface area contributed by atoms with E-state index in [9.17, 15) is 0 Å². The minimum absolute atomic E-state index is 0.411. The first-order chi connectivity index (χ1) is 11.0. The standard InChI is InChI=1S/C17H21N5O/c1-13-11-18-22(12-13)10-9-15-19-16(21-23-15)17(2,3)20-14-7-5-4-6-8-14/h4-8,11-12,20H,9-10H2,1-3H3. The highest BCUT2D eigenvalue weighted by Crippen LogP contribution is 2.23. The first kappa shape index (κ1) is 15.3. The van der Waals surface area contributed by atoms with Crippen LogP contribution in [-0.4, -0.2) is 19.9 Å². The van der Waals surface area contributed by atoms with Crippen LogP contribution in [0.1, 0.15) is 31.1 Å². The molecule has 2 aromatic heterocycles. The second-order valence-electron chi connectivity index (χ2n) is 6.16. The van der Waals surface area contributed by atoms with Crippen LogP contribution in [-0.2, 0) is 18.5 Å². The van der Waals surface area contributed by atoms with E-state index >= 15 is 0 Å². The van der Waals surface area contributed by atoms with Crippen LogP contribution in [0.15, 0.2) is 47.2 Å². The number of anilines is 1. The van der Waals surface area contributed by atoms with Gasteiger partial charge in [0.05, 0.1) is 11.7 Å². The van der Waals surface area contributed by atoms with Gasteiger partial charge in [0.2, 0.25) is 5.89 Å². The van der Waals surface area contributed by atoms with E-state index in [4.69, 9.17) is 4.52 Å². The van der Waals surface area contributed by atoms with Gasteiger partial charge in [-0.25, -0.2) is 0 Å². The molecule has 0 fully saturated rings. The van der Waals surface area contributed by atoms with Crippen LogP contribution < -0.4 is 5.32 Å². The van der Waals surface area contributed by atoms with Crippen molar-refractivity contribution in [3.63, 3.8) is 0 Å². The molecule has 0 saturated heterocycles. The molecule has 0 spiro atoms. The Morgan fingerprint density at radius 2 is 2.00 bits per heavy atom. The molecule has 0 aliphatic rings. The summed E-state index contributed by atoms with van der Waals surface area (Å²) < 4.78 is 7.26. The number of aromatic nitrogens is 4. The largest absolute Gasteiger partial charge is 0.373 e. The molecule has 6 heteroatoms. The molecule has 120 valence electrons. The molecular weight excluding hydrogens is 290 g/mol. The van der Waals surface area contributed by atoms with Crippen LogP contribution in [0.25, 0.3) is 0 Å². The normalized spacial score (nSPS) is 11.6. The Labute approximate surface area is 135 Å². The molecule has 0 saturated carbocycles. The second-order valence-corrected chi connectivity index (χ2v) is 6.16. The number of hydrogen-bond donors (Lipinski definition) is 1. The molecule has 0 aliphatic carbocycles. The Balaban J connectivity index is 1.65. The van der Waals surface area contributed by atoms with Gasteiger partial charge in [-0.3, -0.25) is 4.68 Å². The molecule has 0 aliphatic heterocycles. The average molecular weight is 311 g/mol. The van der Waals surface area contributed by atoms with E-state index in [1.54, 1.807) is 0 Å². The SMILES string of the molecule is Cc1cnn(CCc2nc(C(C)(C)Nc3ccccc3)no2)c1. The minimum atomic E-state index is -0.411. The summed E-state index contributed by atoms with van der Waals surface area (Å²) in [5.74, 6) is 1.27. The first-order valence-corrected chi connectivity index (χ1v) is 7.68. The summed E-state index contributed by atoms with van der Waals surface area (Å²) in [6, 6.07) is 10.0. The van der Waals surface area contributed by atoms with E-state index in [0.717, 1.165) is 17.8 Å². The van der Waals surface area contributed by atoms with Gasteiger partial charge in [-0.05, 0) is 38.5 Å². The summed E-state index contributed by atoms with van der Waals surface area (Å²) in [5.41, 5.74) is 1.76. The van der Waals surface area contributed by atoms with E-state index in [1.165, 1.54) is 0 Å². The summed E-state index contributed by atoms with van der Waals surface area (Å²) >= 11 is 0. The van der Waals surface area contributed by atoms with E-state index in [-0.39, 0.29) is 0 Å². The Hall–Kier alpha value is -2.63. The van der Waals surface area contributed by atoms with Crippen molar-refractivity contribution in [2.75, 3.05) is 5.32 Å². The molecule has 3 rings (SSSR count). The molecule has 1 N–H and O–H groups in total. The number of hydrogen-bond acceptors (Lipinski definition) is 5. The Morgan fingerprint density at radius 1 is 1.22 bits per heavy atom. The van der Waals surface area contributed by atoms with Gasteiger partial charge in [0.1, 0.15) is 0 Å². The van der Waals surface area contributed by atoms with Crippen LogP contribution in [0, 0.1) is 6.92 Å². The maximum absolute atomic E-state index is 5.38. The van der Waals surface area contributed by atoms with Crippen LogP contribution in [0.3, 0.4) is 0 Å². The highest BCUT2D eigenvalue weighted by atomic mass is 16.5. The number of nitrogens with one attached hydrogen (secondary N) is 1. The van der Waals surface area contributed by atoms with Gasteiger partial charge < -0.3 is 9.84 Å². The van der Waals surface area contributed by atoms with Crippen molar-refractivity contribution in [1.82, 2.24) is 19.9 Å². The molecule has 0 amide bonds. The van der Waals surface area contributed by atoms with Gasteiger partial charge in [0.15, 0.2) is 5.82 Å². The molecule has 2 heterocycles. The molecule has 1 aromatic carbocycles. The van der Waals surface area contributed by atoms with Crippen molar-refractivity contribution >= 4 is 5.69 Å². The van der Waals surface area contributed by atoms with Crippen molar-refractivity contribution in [3.05, 3.63) is 60.0 Å². The van der Waals surface area contributed by atoms with E-state index in [2.05, 4.69) is 20.6 Å². The predicted molar refractivity (Wildman–Crippen MR) is 88.1 cm³/mol. The molecule has 0 radical (unpaired) electrons. The lowest BCUT2D eigenvalue weighted by atomic mass is 10.0. The van der Waals surface area contributed by atoms with Gasteiger partial charge in [0.25, 0.3) is 0 Å². The maximum atomic E-state index is 5.38. The molecule has 6 nitrogen and oxygen atoms in total. The fourth-order valence-electron chi connectivity index (χ4n) is 2.35. The lowest BCUT2D eigenvalue weighted by Gasteiger charge is -2.23. The van der Waals surface area contributed by atoms with Crippen molar-refractivity contribution in [3.8, 4) is 0 Å². The van der Waals surface area contributed by atoms with Crippen LogP contribution in [0.4, 0.5) is 5.69 Å². The molecule has 23 heavy (non-hydrogen) atoms. The van der Waals surface area contributed by atoms with Gasteiger partial charge in [-0.1, -0.05) is 23.4 Å². The smallest absolute Gasteiger partial charge is 0.228 e. The van der Waals surface area contributed by atoms with Gasteiger partial charge in [-0.2, -0.15) is 10.1 Å². The lowest BCUT2D eigenvalue weighted by Crippen LogP contribution is -2.29. The zero-order chi connectivity index (χ0) is 16.3. The molecule has 0 atom stereocenters. The topological polar surface area (TPSA) is 68.8 Å². The number of para-hydroxylation sites is 1. The Kier molecular flexibility index (Phi) is 4.14. The van der Waals surface area contributed by atoms with Gasteiger partial charge in [-0.15, -0.1) is 0 Å². The fourth-order valence-corrected chi connectivity index (χ4v) is 2.35. The third-order valence-electron chi connectivity index (χ3n) is 3.57. The third-order valence-corrected chi connectivity index (χ3v) is 3.57. The van der Waals surface area contributed by atoms with E-state index < -0.39 is 5.54 Å². The third kappa shape index (κ3) is 3.77. The van der Waals surface area contributed by atoms with Crippen LogP contribution in [0.2, 0.25) is 0 Å². The number of rotatable bonds is 6. The second kappa shape index (κ2) is 6.24. The van der Waals surface area contributed by atoms with Crippen molar-refractivity contribution in [2.45, 2.75) is 39.3 Å². The van der Waals surface area contributed by atoms with Crippen molar-refractivity contribution in [1.29, 1.82) is 0 Å². The Bertz CT molecular complexity index is 760. The summed E-state index contributed by atoms with van der Waals surface area (Å²) in [6.07, 6.45) is 4.50. The number of benzene rings is 1. The monoisotopic (exact) mass is 311 g/mol. The van der Waals surface area contributed by atoms with Crippen LogP contribution in [0.5, 0.6) is 0 Å². The quantitative estimate of drug-likeness (QED) is 0.757. The summed E-state index contributed by atoms with van der Waals surface area (Å²) in [7, 11) is 0. The number of aryl methyl sites for hydroxylation is 3. The van der Waals surface area contributed by atoms with Crippen molar-refractivity contribution in [2.24, 2.45) is 0 Å². The highest BCUT2D eigenvalue weighted by Gasteiger charge is 2.26. The molecule has 0 bridgehead atoms.